The van der Waals surface area contributed by atoms with Gasteiger partial charge >= 0.3 is 0 Å². The number of ketones is 1. The van der Waals surface area contributed by atoms with Crippen molar-refractivity contribution >= 4 is 33.2 Å². The van der Waals surface area contributed by atoms with Crippen LogP contribution in [0.2, 0.25) is 0 Å². The Morgan fingerprint density at radius 2 is 1.87 bits per heavy atom. The van der Waals surface area contributed by atoms with Crippen LogP contribution >= 0.6 is 0 Å². The number of aromatic amines is 1. The molecule has 2 aliphatic rings. The molecule has 9 heteroatoms. The number of aryl methyl sites for hydroxylation is 1. The Morgan fingerprint density at radius 3 is 2.50 bits per heavy atom. The maximum absolute atomic E-state index is 12.7. The molecule has 1 amide bonds. The lowest BCUT2D eigenvalue weighted by atomic mass is 9.94. The Hall–Kier alpha value is -2.94. The van der Waals surface area contributed by atoms with E-state index in [-0.39, 0.29) is 16.6 Å². The van der Waals surface area contributed by atoms with E-state index < -0.39 is 10.0 Å². The van der Waals surface area contributed by atoms with E-state index in [9.17, 15) is 18.0 Å². The Bertz CT molecular complexity index is 1150. The molecule has 0 atom stereocenters. The third kappa shape index (κ3) is 3.77. The second-order valence-corrected chi connectivity index (χ2v) is 9.35. The minimum atomic E-state index is -3.80. The monoisotopic (exact) mass is 428 g/mol. The van der Waals surface area contributed by atoms with Crippen molar-refractivity contribution < 1.29 is 18.0 Å². The zero-order chi connectivity index (χ0) is 21.5. The van der Waals surface area contributed by atoms with Gasteiger partial charge in [-0.05, 0) is 56.0 Å². The largest absolute Gasteiger partial charge is 0.362 e. The normalized spacial score (nSPS) is 18.0. The number of rotatable bonds is 4. The molecular weight excluding hydrogens is 404 g/mol. The lowest BCUT2D eigenvalue weighted by Crippen LogP contribution is -2.20. The number of amides is 1. The summed E-state index contributed by atoms with van der Waals surface area (Å²) in [7, 11) is -1.97. The number of hydrogen-bond acceptors (Lipinski definition) is 4. The van der Waals surface area contributed by atoms with Crippen molar-refractivity contribution in [3.63, 3.8) is 0 Å². The zero-order valence-electron chi connectivity index (χ0n) is 17.0. The Labute approximate surface area is 175 Å². The van der Waals surface area contributed by atoms with Crippen molar-refractivity contribution in [3.8, 4) is 0 Å². The summed E-state index contributed by atoms with van der Waals surface area (Å²) in [5, 5.41) is 2.76. The van der Waals surface area contributed by atoms with Gasteiger partial charge in [0, 0.05) is 43.4 Å². The van der Waals surface area contributed by atoms with Gasteiger partial charge in [0.25, 0.3) is 15.9 Å². The second kappa shape index (κ2) is 7.71. The topological polar surface area (TPSA) is 112 Å². The number of amidine groups is 1. The predicted octanol–water partition coefficient (Wildman–Crippen LogP) is 2.91. The third-order valence-electron chi connectivity index (χ3n) is 5.63. The van der Waals surface area contributed by atoms with E-state index in [1.54, 1.807) is 6.92 Å². The van der Waals surface area contributed by atoms with E-state index in [2.05, 4.69) is 14.7 Å². The van der Waals surface area contributed by atoms with E-state index in [0.717, 1.165) is 31.5 Å². The average Bonchev–Trinajstić information content (AvgIpc) is 3.26. The SMILES string of the molecule is Cc1c(C(=O)Nc2ccc(S(=O)(=O)N=C3CCCN3C)cc2)[nH]c2c1C(=O)CCC2. The number of aromatic nitrogens is 1. The molecule has 2 aromatic rings. The first-order valence-electron chi connectivity index (χ1n) is 9.97. The molecule has 0 saturated carbocycles. The molecule has 1 saturated heterocycles. The summed E-state index contributed by atoms with van der Waals surface area (Å²) in [5.74, 6) is 0.263. The summed E-state index contributed by atoms with van der Waals surface area (Å²) in [6.07, 6.45) is 3.57. The van der Waals surface area contributed by atoms with Gasteiger partial charge in [-0.3, -0.25) is 9.59 Å². The van der Waals surface area contributed by atoms with Crippen LogP contribution in [0.4, 0.5) is 5.69 Å². The summed E-state index contributed by atoms with van der Waals surface area (Å²) in [4.78, 5) is 29.9. The number of Topliss-reactive ketones (excluding diaryl/α,β-unsaturated/α-hetero) is 1. The predicted molar refractivity (Wildman–Crippen MR) is 114 cm³/mol. The van der Waals surface area contributed by atoms with Gasteiger partial charge in [0.15, 0.2) is 5.78 Å². The van der Waals surface area contributed by atoms with E-state index in [4.69, 9.17) is 0 Å². The van der Waals surface area contributed by atoms with Crippen LogP contribution in [0.15, 0.2) is 33.6 Å². The highest BCUT2D eigenvalue weighted by Gasteiger charge is 2.26. The molecule has 0 spiro atoms. The molecule has 0 unspecified atom stereocenters. The lowest BCUT2D eigenvalue weighted by Gasteiger charge is -2.11. The van der Waals surface area contributed by atoms with E-state index in [0.29, 0.717) is 41.2 Å². The Morgan fingerprint density at radius 1 is 1.13 bits per heavy atom. The minimum Gasteiger partial charge on any atom is -0.362 e. The van der Waals surface area contributed by atoms with Gasteiger partial charge in [0.05, 0.1) is 4.90 Å². The van der Waals surface area contributed by atoms with E-state index in [1.807, 2.05) is 11.9 Å². The molecule has 0 bridgehead atoms. The number of sulfonamides is 1. The van der Waals surface area contributed by atoms with Gasteiger partial charge in [-0.15, -0.1) is 4.40 Å². The van der Waals surface area contributed by atoms with Gasteiger partial charge < -0.3 is 15.2 Å². The number of anilines is 1. The molecule has 1 aromatic carbocycles. The van der Waals surface area contributed by atoms with Crippen LogP contribution in [0.3, 0.4) is 0 Å². The fourth-order valence-corrected chi connectivity index (χ4v) is 5.10. The van der Waals surface area contributed by atoms with Crippen LogP contribution in [0.1, 0.15) is 57.8 Å². The second-order valence-electron chi connectivity index (χ2n) is 7.74. The van der Waals surface area contributed by atoms with Crippen molar-refractivity contribution in [2.75, 3.05) is 18.9 Å². The molecule has 8 nitrogen and oxygen atoms in total. The highest BCUT2D eigenvalue weighted by Crippen LogP contribution is 2.27. The first-order valence-corrected chi connectivity index (χ1v) is 11.4. The maximum Gasteiger partial charge on any atom is 0.283 e. The van der Waals surface area contributed by atoms with Crippen LogP contribution in [0.5, 0.6) is 0 Å². The average molecular weight is 429 g/mol. The highest BCUT2D eigenvalue weighted by molar-refractivity contribution is 7.90. The first kappa shape index (κ1) is 20.3. The van der Waals surface area contributed by atoms with E-state index in [1.165, 1.54) is 24.3 Å². The Balaban J connectivity index is 1.52. The number of likely N-dealkylation sites (tertiary alicyclic amines) is 1. The van der Waals surface area contributed by atoms with Gasteiger partial charge in [0.2, 0.25) is 0 Å². The molecule has 158 valence electrons. The number of hydrogen-bond donors (Lipinski definition) is 2. The number of fused-ring (bicyclic) bond motifs is 1. The van der Waals surface area contributed by atoms with Crippen molar-refractivity contribution in [2.45, 2.75) is 43.9 Å². The molecule has 2 N–H and O–H groups in total. The summed E-state index contributed by atoms with van der Waals surface area (Å²) in [6.45, 7) is 2.56. The fraction of sp³-hybridized carbons (Fsp3) is 0.381. The molecule has 1 aliphatic heterocycles. The molecule has 4 rings (SSSR count). The zero-order valence-corrected chi connectivity index (χ0v) is 17.8. The van der Waals surface area contributed by atoms with Crippen LogP contribution in [0.25, 0.3) is 0 Å². The number of nitrogens with one attached hydrogen (secondary N) is 2. The minimum absolute atomic E-state index is 0.0631. The van der Waals surface area contributed by atoms with Crippen LogP contribution < -0.4 is 5.32 Å². The highest BCUT2D eigenvalue weighted by atomic mass is 32.2. The van der Waals surface area contributed by atoms with Crippen LogP contribution in [-0.2, 0) is 16.4 Å². The quantitative estimate of drug-likeness (QED) is 0.778. The van der Waals surface area contributed by atoms with Crippen molar-refractivity contribution in [1.82, 2.24) is 9.88 Å². The fourth-order valence-electron chi connectivity index (χ4n) is 4.01. The maximum atomic E-state index is 12.7. The van der Waals surface area contributed by atoms with Crippen LogP contribution in [0, 0.1) is 6.92 Å². The number of carbonyl (C=O) groups excluding carboxylic acids is 2. The molecule has 1 aromatic heterocycles. The van der Waals surface area contributed by atoms with Gasteiger partial charge in [0.1, 0.15) is 11.5 Å². The van der Waals surface area contributed by atoms with E-state index >= 15 is 0 Å². The number of nitrogens with zero attached hydrogens (tertiary/aromatic N) is 2. The standard InChI is InChI=1S/C21H24N4O4S/c1-13-19-16(5-3-6-17(19)26)23-20(13)21(27)22-14-8-10-15(11-9-14)30(28,29)24-18-7-4-12-25(18)2/h8-11,23H,3-7,12H2,1-2H3,(H,22,27). The van der Waals surface area contributed by atoms with Crippen molar-refractivity contribution in [2.24, 2.45) is 4.40 Å². The van der Waals surface area contributed by atoms with Crippen LogP contribution in [-0.4, -0.2) is 49.4 Å². The Kier molecular flexibility index (Phi) is 5.23. The summed E-state index contributed by atoms with van der Waals surface area (Å²) in [6, 6.07) is 5.93. The third-order valence-corrected chi connectivity index (χ3v) is 6.95. The molecule has 0 radical (unpaired) electrons. The van der Waals surface area contributed by atoms with Gasteiger partial charge in [-0.1, -0.05) is 0 Å². The van der Waals surface area contributed by atoms with Gasteiger partial charge in [-0.2, -0.15) is 8.42 Å². The molecule has 1 aliphatic carbocycles. The van der Waals surface area contributed by atoms with Gasteiger partial charge in [-0.25, -0.2) is 0 Å². The van der Waals surface area contributed by atoms with Crippen molar-refractivity contribution in [1.29, 1.82) is 0 Å². The molecule has 1 fully saturated rings. The summed E-state index contributed by atoms with van der Waals surface area (Å²) < 4.78 is 29.0. The number of benzene rings is 1. The molecule has 2 heterocycles. The molecular formula is C21H24N4O4S. The number of carbonyl (C=O) groups is 2. The number of H-pyrrole nitrogens is 1. The smallest absolute Gasteiger partial charge is 0.283 e. The lowest BCUT2D eigenvalue weighted by molar-refractivity contribution is 0.0971. The van der Waals surface area contributed by atoms with Crippen molar-refractivity contribution in [3.05, 3.63) is 46.8 Å². The first-order chi connectivity index (χ1) is 14.3. The summed E-state index contributed by atoms with van der Waals surface area (Å²) in [5.41, 5.74) is 2.92. The molecule has 30 heavy (non-hydrogen) atoms. The summed E-state index contributed by atoms with van der Waals surface area (Å²) >= 11 is 0.